The molecule has 0 saturated carbocycles. The number of benzene rings is 1. The van der Waals surface area contributed by atoms with E-state index in [0.29, 0.717) is 5.25 Å². The summed E-state index contributed by atoms with van der Waals surface area (Å²) in [5.41, 5.74) is 8.67. The van der Waals surface area contributed by atoms with Gasteiger partial charge in [-0.25, -0.2) is 0 Å². The molecule has 1 fully saturated rings. The Morgan fingerprint density at radius 1 is 1.32 bits per heavy atom. The van der Waals surface area contributed by atoms with Crippen molar-refractivity contribution in [2.75, 3.05) is 34.9 Å². The third-order valence-electron chi connectivity index (χ3n) is 3.17. The van der Waals surface area contributed by atoms with E-state index in [-0.39, 0.29) is 0 Å². The fourth-order valence-electron chi connectivity index (χ4n) is 2.20. The fourth-order valence-corrected chi connectivity index (χ4v) is 4.81. The summed E-state index contributed by atoms with van der Waals surface area (Å²) in [5, 5.41) is 5.41. The van der Waals surface area contributed by atoms with Gasteiger partial charge < -0.3 is 11.1 Å². The molecular weight excluding hydrogens is 274 g/mol. The summed E-state index contributed by atoms with van der Waals surface area (Å²) in [4.78, 5) is 4.37. The number of hydrogen-bond donors (Lipinski definition) is 2. The van der Waals surface area contributed by atoms with Crippen molar-refractivity contribution < 1.29 is 0 Å². The fraction of sp³-hybridized carbons (Fsp3) is 0.357. The van der Waals surface area contributed by atoms with Crippen LogP contribution in [0.3, 0.4) is 0 Å². The highest BCUT2D eigenvalue weighted by molar-refractivity contribution is 8.06. The molecule has 0 bridgehead atoms. The van der Waals surface area contributed by atoms with Gasteiger partial charge >= 0.3 is 0 Å². The summed E-state index contributed by atoms with van der Waals surface area (Å²) in [6.45, 7) is 1.02. The van der Waals surface area contributed by atoms with Gasteiger partial charge in [0.1, 0.15) is 0 Å². The normalized spacial score (nSPS) is 19.5. The summed E-state index contributed by atoms with van der Waals surface area (Å²) in [6, 6.07) is 7.94. The molecular formula is C14H17N3S2. The molecule has 1 aromatic carbocycles. The average Bonchev–Trinajstić information content (AvgIpc) is 2.45. The van der Waals surface area contributed by atoms with Crippen molar-refractivity contribution in [2.24, 2.45) is 0 Å². The lowest BCUT2D eigenvalue weighted by Crippen LogP contribution is -2.23. The molecule has 1 unspecified atom stereocenters. The minimum Gasteiger partial charge on any atom is -0.399 e. The first-order valence-corrected chi connectivity index (χ1v) is 8.61. The standard InChI is InChI=1S/C14H17N3S2/c15-10-1-2-12-13(3-4-16-14(12)7-10)17-8-11-9-18-5-6-19-11/h1-4,7,11H,5-6,8-9,15H2,(H,16,17). The monoisotopic (exact) mass is 291 g/mol. The van der Waals surface area contributed by atoms with E-state index in [9.17, 15) is 0 Å². The summed E-state index contributed by atoms with van der Waals surface area (Å²) in [7, 11) is 0. The number of nitrogens with two attached hydrogens (primary N) is 1. The van der Waals surface area contributed by atoms with E-state index in [0.717, 1.165) is 28.8 Å². The van der Waals surface area contributed by atoms with Crippen molar-refractivity contribution in [2.45, 2.75) is 5.25 Å². The van der Waals surface area contributed by atoms with E-state index in [1.54, 1.807) is 0 Å². The molecule has 0 amide bonds. The number of nitrogens with zero attached hydrogens (tertiary/aromatic N) is 1. The van der Waals surface area contributed by atoms with Gasteiger partial charge in [-0.3, -0.25) is 4.98 Å². The van der Waals surface area contributed by atoms with Crippen LogP contribution in [-0.4, -0.2) is 34.0 Å². The van der Waals surface area contributed by atoms with Gasteiger partial charge in [0, 0.05) is 52.0 Å². The molecule has 1 atom stereocenters. The van der Waals surface area contributed by atoms with Gasteiger partial charge in [0.25, 0.3) is 0 Å². The zero-order chi connectivity index (χ0) is 13.1. The van der Waals surface area contributed by atoms with Crippen LogP contribution in [0.2, 0.25) is 0 Å². The molecule has 1 aliphatic heterocycles. The maximum Gasteiger partial charge on any atom is 0.0743 e. The van der Waals surface area contributed by atoms with Gasteiger partial charge in [-0.05, 0) is 24.3 Å². The number of thioether (sulfide) groups is 2. The molecule has 0 radical (unpaired) electrons. The van der Waals surface area contributed by atoms with Crippen molar-refractivity contribution in [3.05, 3.63) is 30.5 Å². The molecule has 2 heterocycles. The minimum atomic E-state index is 0.704. The molecule has 0 spiro atoms. The van der Waals surface area contributed by atoms with Crippen LogP contribution >= 0.6 is 23.5 Å². The van der Waals surface area contributed by atoms with E-state index >= 15 is 0 Å². The van der Waals surface area contributed by atoms with Crippen LogP contribution < -0.4 is 11.1 Å². The molecule has 0 aliphatic carbocycles. The van der Waals surface area contributed by atoms with Gasteiger partial charge in [-0.15, -0.1) is 0 Å². The second-order valence-electron chi connectivity index (χ2n) is 4.58. The molecule has 5 heteroatoms. The number of nitrogens with one attached hydrogen (secondary N) is 1. The van der Waals surface area contributed by atoms with Crippen LogP contribution in [0.1, 0.15) is 0 Å². The Morgan fingerprint density at radius 2 is 2.26 bits per heavy atom. The average molecular weight is 291 g/mol. The van der Waals surface area contributed by atoms with Gasteiger partial charge in [-0.2, -0.15) is 23.5 Å². The van der Waals surface area contributed by atoms with E-state index in [2.05, 4.69) is 33.8 Å². The van der Waals surface area contributed by atoms with Crippen LogP contribution in [0.15, 0.2) is 30.5 Å². The molecule has 1 saturated heterocycles. The van der Waals surface area contributed by atoms with Crippen molar-refractivity contribution in [3.8, 4) is 0 Å². The maximum atomic E-state index is 5.80. The van der Waals surface area contributed by atoms with E-state index in [4.69, 9.17) is 5.73 Å². The number of anilines is 2. The lowest BCUT2D eigenvalue weighted by Gasteiger charge is -2.22. The molecule has 3 nitrogen and oxygen atoms in total. The van der Waals surface area contributed by atoms with Crippen LogP contribution in [0.4, 0.5) is 11.4 Å². The third-order valence-corrected chi connectivity index (χ3v) is 6.02. The molecule has 2 aromatic rings. The molecule has 100 valence electrons. The van der Waals surface area contributed by atoms with Gasteiger partial charge in [-0.1, -0.05) is 0 Å². The van der Waals surface area contributed by atoms with Gasteiger partial charge in [0.15, 0.2) is 0 Å². The van der Waals surface area contributed by atoms with E-state index in [1.165, 1.54) is 17.3 Å². The first-order valence-electron chi connectivity index (χ1n) is 6.40. The SMILES string of the molecule is Nc1ccc2c(NCC3CSCCS3)ccnc2c1. The molecule has 1 aromatic heterocycles. The Kier molecular flexibility index (Phi) is 4.03. The topological polar surface area (TPSA) is 50.9 Å². The van der Waals surface area contributed by atoms with E-state index in [1.807, 2.05) is 30.5 Å². The number of fused-ring (bicyclic) bond motifs is 1. The van der Waals surface area contributed by atoms with Crippen LogP contribution in [0, 0.1) is 0 Å². The summed E-state index contributed by atoms with van der Waals surface area (Å²) >= 11 is 4.13. The molecule has 3 rings (SSSR count). The first-order chi connectivity index (χ1) is 9.33. The highest BCUT2D eigenvalue weighted by Gasteiger charge is 2.14. The van der Waals surface area contributed by atoms with Crippen LogP contribution in [0.5, 0.6) is 0 Å². The maximum absolute atomic E-state index is 5.80. The Labute approximate surface area is 121 Å². The lowest BCUT2D eigenvalue weighted by molar-refractivity contribution is 1.01. The highest BCUT2D eigenvalue weighted by Crippen LogP contribution is 2.26. The van der Waals surface area contributed by atoms with Crippen LogP contribution in [0.25, 0.3) is 10.9 Å². The lowest BCUT2D eigenvalue weighted by atomic mass is 10.1. The second-order valence-corrected chi connectivity index (χ2v) is 7.14. The van der Waals surface area contributed by atoms with Crippen molar-refractivity contribution in [3.63, 3.8) is 0 Å². The zero-order valence-corrected chi connectivity index (χ0v) is 12.3. The Balaban J connectivity index is 1.76. The Morgan fingerprint density at radius 3 is 3.11 bits per heavy atom. The number of rotatable bonds is 3. The highest BCUT2D eigenvalue weighted by atomic mass is 32.2. The quantitative estimate of drug-likeness (QED) is 0.851. The second kappa shape index (κ2) is 5.92. The molecule has 3 N–H and O–H groups in total. The molecule has 19 heavy (non-hydrogen) atoms. The van der Waals surface area contributed by atoms with E-state index < -0.39 is 0 Å². The Hall–Kier alpha value is -1.07. The van der Waals surface area contributed by atoms with Crippen molar-refractivity contribution in [1.82, 2.24) is 4.98 Å². The summed E-state index contributed by atoms with van der Waals surface area (Å²) in [5.74, 6) is 3.80. The summed E-state index contributed by atoms with van der Waals surface area (Å²) < 4.78 is 0. The number of pyridine rings is 1. The summed E-state index contributed by atoms with van der Waals surface area (Å²) in [6.07, 6.45) is 1.84. The number of aromatic nitrogens is 1. The smallest absolute Gasteiger partial charge is 0.0743 e. The van der Waals surface area contributed by atoms with Crippen LogP contribution in [-0.2, 0) is 0 Å². The third kappa shape index (κ3) is 3.09. The predicted octanol–water partition coefficient (Wildman–Crippen LogP) is 3.08. The predicted molar refractivity (Wildman–Crippen MR) is 88.2 cm³/mol. The number of hydrogen-bond acceptors (Lipinski definition) is 5. The first kappa shape index (κ1) is 12.9. The van der Waals surface area contributed by atoms with Gasteiger partial charge in [0.2, 0.25) is 0 Å². The van der Waals surface area contributed by atoms with Crippen molar-refractivity contribution >= 4 is 45.8 Å². The zero-order valence-electron chi connectivity index (χ0n) is 10.6. The van der Waals surface area contributed by atoms with Gasteiger partial charge in [0.05, 0.1) is 5.52 Å². The Bertz CT molecular complexity index is 568. The minimum absolute atomic E-state index is 0.704. The molecule has 1 aliphatic rings. The van der Waals surface area contributed by atoms with Crippen molar-refractivity contribution in [1.29, 1.82) is 0 Å². The number of nitrogen functional groups attached to an aromatic ring is 1. The largest absolute Gasteiger partial charge is 0.399 e.